The highest BCUT2D eigenvalue weighted by molar-refractivity contribution is 6.30. The first-order valence-electron chi connectivity index (χ1n) is 10.6. The van der Waals surface area contributed by atoms with Crippen molar-refractivity contribution in [2.75, 3.05) is 31.1 Å². The van der Waals surface area contributed by atoms with Crippen molar-refractivity contribution in [2.24, 2.45) is 5.92 Å². The maximum absolute atomic E-state index is 14.0. The van der Waals surface area contributed by atoms with Crippen LogP contribution in [0.5, 0.6) is 11.6 Å². The maximum Gasteiger partial charge on any atom is 0.224 e. The summed E-state index contributed by atoms with van der Waals surface area (Å²) in [5.41, 5.74) is 0. The molecule has 30 heavy (non-hydrogen) atoms. The van der Waals surface area contributed by atoms with Gasteiger partial charge in [-0.3, -0.25) is 4.79 Å². The highest BCUT2D eigenvalue weighted by Gasteiger charge is 2.24. The van der Waals surface area contributed by atoms with E-state index in [4.69, 9.17) is 16.3 Å². The van der Waals surface area contributed by atoms with E-state index in [0.717, 1.165) is 12.3 Å². The Morgan fingerprint density at radius 1 is 1.13 bits per heavy atom. The van der Waals surface area contributed by atoms with Crippen LogP contribution in [0.25, 0.3) is 0 Å². The lowest BCUT2D eigenvalue weighted by atomic mass is 10.0. The molecule has 0 atom stereocenters. The zero-order chi connectivity index (χ0) is 20.9. The number of nitrogens with zero attached hydrogens (tertiary/aromatic N) is 4. The summed E-state index contributed by atoms with van der Waals surface area (Å²) in [6.45, 7) is 2.74. The number of amides is 1. The van der Waals surface area contributed by atoms with Gasteiger partial charge < -0.3 is 14.5 Å². The molecule has 1 aliphatic carbocycles. The van der Waals surface area contributed by atoms with E-state index in [0.29, 0.717) is 43.4 Å². The van der Waals surface area contributed by atoms with Gasteiger partial charge in [0.1, 0.15) is 12.1 Å². The quantitative estimate of drug-likeness (QED) is 0.663. The third-order valence-electron chi connectivity index (χ3n) is 5.93. The lowest BCUT2D eigenvalue weighted by molar-refractivity contribution is -0.131. The fourth-order valence-electron chi connectivity index (χ4n) is 4.20. The monoisotopic (exact) mass is 432 g/mol. The topological polar surface area (TPSA) is 58.6 Å². The van der Waals surface area contributed by atoms with E-state index in [2.05, 4.69) is 14.9 Å². The molecule has 0 bridgehead atoms. The molecule has 160 valence electrons. The Balaban J connectivity index is 1.31. The molecule has 1 aliphatic heterocycles. The van der Waals surface area contributed by atoms with Crippen LogP contribution in [0.2, 0.25) is 5.02 Å². The molecule has 0 N–H and O–H groups in total. The summed E-state index contributed by atoms with van der Waals surface area (Å²) in [4.78, 5) is 25.0. The van der Waals surface area contributed by atoms with Crippen LogP contribution in [0.4, 0.5) is 10.2 Å². The number of carbonyl (C=O) groups excluding carboxylic acids is 1. The van der Waals surface area contributed by atoms with Crippen molar-refractivity contribution < 1.29 is 13.9 Å². The largest absolute Gasteiger partial charge is 0.436 e. The Kier molecular flexibility index (Phi) is 6.67. The molecule has 0 unspecified atom stereocenters. The summed E-state index contributed by atoms with van der Waals surface area (Å²) in [6.07, 6.45) is 8.26. The number of hydrogen-bond acceptors (Lipinski definition) is 5. The summed E-state index contributed by atoms with van der Waals surface area (Å²) in [7, 11) is 0. The Labute approximate surface area is 181 Å². The molecular weight excluding hydrogens is 407 g/mol. The molecule has 1 aromatic heterocycles. The van der Waals surface area contributed by atoms with Crippen LogP contribution in [0.1, 0.15) is 38.5 Å². The second-order valence-electron chi connectivity index (χ2n) is 7.95. The molecule has 1 saturated heterocycles. The van der Waals surface area contributed by atoms with Crippen molar-refractivity contribution in [3.63, 3.8) is 0 Å². The predicted molar refractivity (Wildman–Crippen MR) is 114 cm³/mol. The standard InChI is InChI=1S/C22H26ClFN4O2/c23-17-6-7-19(18(24)13-17)30-21-14-20(25-15-26-21)27-9-11-28(12-10-27)22(29)8-5-16-3-1-2-4-16/h6-7,13-16H,1-5,8-12H2. The molecule has 1 amide bonds. The Morgan fingerprint density at radius 2 is 1.90 bits per heavy atom. The van der Waals surface area contributed by atoms with Crippen LogP contribution in [0.15, 0.2) is 30.6 Å². The third-order valence-corrected chi connectivity index (χ3v) is 6.17. The van der Waals surface area contributed by atoms with Crippen LogP contribution in [-0.2, 0) is 4.79 Å². The predicted octanol–water partition coefficient (Wildman–Crippen LogP) is 4.68. The summed E-state index contributed by atoms with van der Waals surface area (Å²) < 4.78 is 19.5. The van der Waals surface area contributed by atoms with Crippen molar-refractivity contribution >= 4 is 23.3 Å². The van der Waals surface area contributed by atoms with E-state index >= 15 is 0 Å². The molecule has 2 fully saturated rings. The molecule has 0 radical (unpaired) electrons. The maximum atomic E-state index is 14.0. The number of rotatable bonds is 6. The first kappa shape index (κ1) is 20.8. The van der Waals surface area contributed by atoms with Crippen LogP contribution in [0, 0.1) is 11.7 Å². The first-order valence-corrected chi connectivity index (χ1v) is 10.9. The van der Waals surface area contributed by atoms with Crippen LogP contribution in [0.3, 0.4) is 0 Å². The lowest BCUT2D eigenvalue weighted by Gasteiger charge is -2.35. The van der Waals surface area contributed by atoms with Gasteiger partial charge in [-0.15, -0.1) is 0 Å². The summed E-state index contributed by atoms with van der Waals surface area (Å²) in [5.74, 6) is 1.46. The molecule has 2 heterocycles. The van der Waals surface area contributed by atoms with E-state index in [9.17, 15) is 9.18 Å². The SMILES string of the molecule is O=C(CCC1CCCC1)N1CCN(c2cc(Oc3ccc(Cl)cc3F)ncn2)CC1. The Hall–Kier alpha value is -2.41. The minimum absolute atomic E-state index is 0.0572. The van der Waals surface area contributed by atoms with Crippen molar-refractivity contribution in [3.8, 4) is 11.6 Å². The van der Waals surface area contributed by atoms with Crippen LogP contribution >= 0.6 is 11.6 Å². The van der Waals surface area contributed by atoms with Gasteiger partial charge in [-0.1, -0.05) is 37.3 Å². The van der Waals surface area contributed by atoms with Gasteiger partial charge in [0.25, 0.3) is 0 Å². The van der Waals surface area contributed by atoms with Crippen molar-refractivity contribution in [1.82, 2.24) is 14.9 Å². The molecule has 2 aliphatic rings. The van der Waals surface area contributed by atoms with Gasteiger partial charge in [0.05, 0.1) is 0 Å². The van der Waals surface area contributed by atoms with Crippen molar-refractivity contribution in [3.05, 3.63) is 41.4 Å². The molecule has 4 rings (SSSR count). The van der Waals surface area contributed by atoms with Gasteiger partial charge in [-0.25, -0.2) is 14.4 Å². The zero-order valence-electron chi connectivity index (χ0n) is 16.9. The number of carbonyl (C=O) groups is 1. The van der Waals surface area contributed by atoms with Gasteiger partial charge in [-0.05, 0) is 30.5 Å². The molecular formula is C22H26ClFN4O2. The number of halogens is 2. The van der Waals surface area contributed by atoms with Gasteiger partial charge in [0, 0.05) is 43.7 Å². The molecule has 2 aromatic rings. The Morgan fingerprint density at radius 3 is 2.63 bits per heavy atom. The number of aromatic nitrogens is 2. The van der Waals surface area contributed by atoms with Gasteiger partial charge in [-0.2, -0.15) is 0 Å². The van der Waals surface area contributed by atoms with Gasteiger partial charge >= 0.3 is 0 Å². The molecule has 8 heteroatoms. The molecule has 6 nitrogen and oxygen atoms in total. The summed E-state index contributed by atoms with van der Waals surface area (Å²) in [5, 5.41) is 0.305. The van der Waals surface area contributed by atoms with Crippen molar-refractivity contribution in [1.29, 1.82) is 0 Å². The summed E-state index contributed by atoms with van der Waals surface area (Å²) in [6, 6.07) is 5.91. The zero-order valence-corrected chi connectivity index (χ0v) is 17.7. The van der Waals surface area contributed by atoms with Gasteiger partial charge in [0.15, 0.2) is 11.6 Å². The van der Waals surface area contributed by atoms with Crippen molar-refractivity contribution in [2.45, 2.75) is 38.5 Å². The fourth-order valence-corrected chi connectivity index (χ4v) is 4.36. The van der Waals surface area contributed by atoms with E-state index < -0.39 is 5.82 Å². The smallest absolute Gasteiger partial charge is 0.224 e. The summed E-state index contributed by atoms with van der Waals surface area (Å²) >= 11 is 5.78. The highest BCUT2D eigenvalue weighted by atomic mass is 35.5. The van der Waals surface area contributed by atoms with Crippen LogP contribution in [-0.4, -0.2) is 47.0 Å². The van der Waals surface area contributed by atoms with E-state index in [1.807, 2.05) is 4.90 Å². The molecule has 1 aromatic carbocycles. The second-order valence-corrected chi connectivity index (χ2v) is 8.38. The number of hydrogen-bond donors (Lipinski definition) is 0. The van der Waals surface area contributed by atoms with E-state index in [1.165, 1.54) is 44.1 Å². The first-order chi connectivity index (χ1) is 14.6. The molecule has 1 saturated carbocycles. The average Bonchev–Trinajstić information content (AvgIpc) is 3.28. The average molecular weight is 433 g/mol. The lowest BCUT2D eigenvalue weighted by Crippen LogP contribution is -2.49. The van der Waals surface area contributed by atoms with E-state index in [1.54, 1.807) is 12.1 Å². The molecule has 0 spiro atoms. The minimum atomic E-state index is -0.549. The number of benzene rings is 1. The number of piperazine rings is 1. The van der Waals surface area contributed by atoms with E-state index in [-0.39, 0.29) is 17.5 Å². The number of ether oxygens (including phenoxy) is 1. The van der Waals surface area contributed by atoms with Gasteiger partial charge in [0.2, 0.25) is 11.8 Å². The van der Waals surface area contributed by atoms with Crippen LogP contribution < -0.4 is 9.64 Å². The fraction of sp³-hybridized carbons (Fsp3) is 0.500. The second kappa shape index (κ2) is 9.60. The number of anilines is 1. The normalized spacial score (nSPS) is 17.4. The Bertz CT molecular complexity index is 883. The minimum Gasteiger partial charge on any atom is -0.436 e. The highest BCUT2D eigenvalue weighted by Crippen LogP contribution is 2.29. The third kappa shape index (κ3) is 5.19.